The number of aryl methyl sites for hydroxylation is 1. The molecule has 1 aliphatic heterocycles. The van der Waals surface area contributed by atoms with Crippen LogP contribution in [0.1, 0.15) is 22.3 Å². The highest BCUT2D eigenvalue weighted by molar-refractivity contribution is 9.10. The summed E-state index contributed by atoms with van der Waals surface area (Å²) in [7, 11) is -3.08. The summed E-state index contributed by atoms with van der Waals surface area (Å²) in [6.07, 6.45) is 0.432. The molecule has 1 N–H and O–H groups in total. The first-order chi connectivity index (χ1) is 9.84. The molecule has 0 spiro atoms. The zero-order chi connectivity index (χ0) is 15.6. The summed E-state index contributed by atoms with van der Waals surface area (Å²) in [5, 5.41) is 9.19. The number of rotatable bonds is 4. The van der Waals surface area contributed by atoms with Gasteiger partial charge in [-0.3, -0.25) is 4.79 Å². The van der Waals surface area contributed by atoms with Crippen LogP contribution in [0.25, 0.3) is 0 Å². The normalized spacial score (nSPS) is 20.4. The van der Waals surface area contributed by atoms with Crippen molar-refractivity contribution in [2.24, 2.45) is 0 Å². The standard InChI is InChI=1S/C14H18BrNO4S/c1-10-2-3-11(15)8-13(10)14(18)16(5-6-17)12-4-7-21(19,20)9-12/h2-3,8,12,17H,4-7,9H2,1H3. The smallest absolute Gasteiger partial charge is 0.254 e. The van der Waals surface area contributed by atoms with Crippen molar-refractivity contribution in [3.05, 3.63) is 33.8 Å². The van der Waals surface area contributed by atoms with Gasteiger partial charge >= 0.3 is 0 Å². The van der Waals surface area contributed by atoms with E-state index in [1.165, 1.54) is 4.90 Å². The Morgan fingerprint density at radius 1 is 1.48 bits per heavy atom. The van der Waals surface area contributed by atoms with Crippen LogP contribution in [0.4, 0.5) is 0 Å². The second-order valence-electron chi connectivity index (χ2n) is 5.24. The summed E-state index contributed by atoms with van der Waals surface area (Å²) in [4.78, 5) is 14.2. The third-order valence-electron chi connectivity index (χ3n) is 3.68. The molecule has 0 bridgehead atoms. The highest BCUT2D eigenvalue weighted by Gasteiger charge is 2.35. The van der Waals surface area contributed by atoms with Gasteiger partial charge in [0.1, 0.15) is 0 Å². The van der Waals surface area contributed by atoms with Gasteiger partial charge in [-0.05, 0) is 31.0 Å². The third-order valence-corrected chi connectivity index (χ3v) is 5.92. The Morgan fingerprint density at radius 3 is 2.76 bits per heavy atom. The highest BCUT2D eigenvalue weighted by Crippen LogP contribution is 2.23. The summed E-state index contributed by atoms with van der Waals surface area (Å²) in [5.74, 6) is -0.152. The van der Waals surface area contributed by atoms with Gasteiger partial charge < -0.3 is 10.0 Å². The van der Waals surface area contributed by atoms with E-state index in [1.54, 1.807) is 6.07 Å². The fraction of sp³-hybridized carbons (Fsp3) is 0.500. The van der Waals surface area contributed by atoms with E-state index >= 15 is 0 Å². The second-order valence-corrected chi connectivity index (χ2v) is 8.38. The summed E-state index contributed by atoms with van der Waals surface area (Å²) < 4.78 is 24.0. The highest BCUT2D eigenvalue weighted by atomic mass is 79.9. The average Bonchev–Trinajstić information content (AvgIpc) is 2.78. The number of sulfone groups is 1. The van der Waals surface area contributed by atoms with Crippen molar-refractivity contribution in [3.63, 3.8) is 0 Å². The van der Waals surface area contributed by atoms with Crippen LogP contribution in [0.2, 0.25) is 0 Å². The van der Waals surface area contributed by atoms with Crippen LogP contribution in [-0.2, 0) is 9.84 Å². The van der Waals surface area contributed by atoms with Crippen molar-refractivity contribution in [3.8, 4) is 0 Å². The number of hydrogen-bond donors (Lipinski definition) is 1. The average molecular weight is 376 g/mol. The lowest BCUT2D eigenvalue weighted by molar-refractivity contribution is 0.0654. The van der Waals surface area contributed by atoms with E-state index in [0.717, 1.165) is 10.0 Å². The number of benzene rings is 1. The number of aliphatic hydroxyl groups is 1. The van der Waals surface area contributed by atoms with Gasteiger partial charge in [0.25, 0.3) is 5.91 Å². The van der Waals surface area contributed by atoms with Crippen LogP contribution < -0.4 is 0 Å². The number of carbonyl (C=O) groups is 1. The van der Waals surface area contributed by atoms with Crippen molar-refractivity contribution in [1.29, 1.82) is 0 Å². The molecule has 0 saturated carbocycles. The SMILES string of the molecule is Cc1ccc(Br)cc1C(=O)N(CCO)C1CCS(=O)(=O)C1. The van der Waals surface area contributed by atoms with Crippen LogP contribution in [0.15, 0.2) is 22.7 Å². The molecule has 0 radical (unpaired) electrons. The van der Waals surface area contributed by atoms with E-state index in [2.05, 4.69) is 15.9 Å². The van der Waals surface area contributed by atoms with E-state index < -0.39 is 9.84 Å². The number of nitrogens with zero attached hydrogens (tertiary/aromatic N) is 1. The van der Waals surface area contributed by atoms with Crippen molar-refractivity contribution in [2.45, 2.75) is 19.4 Å². The first kappa shape index (κ1) is 16.5. The Balaban J connectivity index is 2.30. The van der Waals surface area contributed by atoms with Gasteiger partial charge in [0, 0.05) is 22.6 Å². The van der Waals surface area contributed by atoms with Crippen LogP contribution in [-0.4, -0.2) is 55.0 Å². The maximum atomic E-state index is 12.7. The molecule has 2 rings (SSSR count). The zero-order valence-corrected chi connectivity index (χ0v) is 14.2. The number of carbonyl (C=O) groups excluding carboxylic acids is 1. The molecule has 116 valence electrons. The van der Waals surface area contributed by atoms with Crippen molar-refractivity contribution in [1.82, 2.24) is 4.90 Å². The number of halogens is 1. The van der Waals surface area contributed by atoms with Crippen LogP contribution >= 0.6 is 15.9 Å². The minimum atomic E-state index is -3.08. The fourth-order valence-electron chi connectivity index (χ4n) is 2.56. The zero-order valence-electron chi connectivity index (χ0n) is 11.8. The van der Waals surface area contributed by atoms with Crippen LogP contribution in [0.3, 0.4) is 0 Å². The molecule has 1 amide bonds. The fourth-order valence-corrected chi connectivity index (χ4v) is 4.65. The van der Waals surface area contributed by atoms with Crippen LogP contribution in [0.5, 0.6) is 0 Å². The molecule has 1 aromatic rings. The molecule has 1 unspecified atom stereocenters. The molecule has 7 heteroatoms. The molecular weight excluding hydrogens is 358 g/mol. The molecule has 1 aliphatic rings. The molecule has 21 heavy (non-hydrogen) atoms. The molecule has 0 aliphatic carbocycles. The molecule has 1 heterocycles. The number of hydrogen-bond acceptors (Lipinski definition) is 4. The predicted molar refractivity (Wildman–Crippen MR) is 84.1 cm³/mol. The van der Waals surface area contributed by atoms with Gasteiger partial charge in [-0.2, -0.15) is 0 Å². The second kappa shape index (κ2) is 6.46. The Hall–Kier alpha value is -0.920. The first-order valence-electron chi connectivity index (χ1n) is 6.72. The lowest BCUT2D eigenvalue weighted by atomic mass is 10.1. The summed E-state index contributed by atoms with van der Waals surface area (Å²) in [6, 6.07) is 5.06. The molecule has 1 aromatic carbocycles. The van der Waals surface area contributed by atoms with Gasteiger partial charge in [0.05, 0.1) is 18.1 Å². The van der Waals surface area contributed by atoms with E-state index in [1.807, 2.05) is 19.1 Å². The Labute approximate surface area is 133 Å². The van der Waals surface area contributed by atoms with E-state index in [0.29, 0.717) is 12.0 Å². The molecule has 5 nitrogen and oxygen atoms in total. The maximum Gasteiger partial charge on any atom is 0.254 e. The molecular formula is C14H18BrNO4S. The first-order valence-corrected chi connectivity index (χ1v) is 9.34. The van der Waals surface area contributed by atoms with Gasteiger partial charge in [0.15, 0.2) is 9.84 Å². The minimum Gasteiger partial charge on any atom is -0.395 e. The molecule has 1 atom stereocenters. The van der Waals surface area contributed by atoms with Crippen molar-refractivity contribution in [2.75, 3.05) is 24.7 Å². The van der Waals surface area contributed by atoms with Gasteiger partial charge in [-0.1, -0.05) is 22.0 Å². The lowest BCUT2D eigenvalue weighted by Crippen LogP contribution is -2.43. The van der Waals surface area contributed by atoms with Gasteiger partial charge in [-0.15, -0.1) is 0 Å². The van der Waals surface area contributed by atoms with Crippen molar-refractivity contribution >= 4 is 31.7 Å². The Morgan fingerprint density at radius 2 is 2.19 bits per heavy atom. The monoisotopic (exact) mass is 375 g/mol. The minimum absolute atomic E-state index is 0.0220. The number of aliphatic hydroxyl groups excluding tert-OH is 1. The topological polar surface area (TPSA) is 74.7 Å². The molecule has 1 fully saturated rings. The quantitative estimate of drug-likeness (QED) is 0.862. The Bertz CT molecular complexity index is 644. The summed E-state index contributed by atoms with van der Waals surface area (Å²) >= 11 is 3.34. The summed E-state index contributed by atoms with van der Waals surface area (Å²) in [5.41, 5.74) is 1.36. The Kier molecular flexibility index (Phi) is 5.06. The van der Waals surface area contributed by atoms with E-state index in [4.69, 9.17) is 0 Å². The predicted octanol–water partition coefficient (Wildman–Crippen LogP) is 1.38. The van der Waals surface area contributed by atoms with E-state index in [9.17, 15) is 18.3 Å². The number of amides is 1. The summed E-state index contributed by atoms with van der Waals surface area (Å²) in [6.45, 7) is 1.79. The lowest BCUT2D eigenvalue weighted by Gasteiger charge is -2.28. The molecule has 1 saturated heterocycles. The van der Waals surface area contributed by atoms with Gasteiger partial charge in [0.2, 0.25) is 0 Å². The largest absolute Gasteiger partial charge is 0.395 e. The van der Waals surface area contributed by atoms with Crippen LogP contribution in [0, 0.1) is 6.92 Å². The molecule has 0 aromatic heterocycles. The maximum absolute atomic E-state index is 12.7. The van der Waals surface area contributed by atoms with Gasteiger partial charge in [-0.25, -0.2) is 8.42 Å². The van der Waals surface area contributed by atoms with E-state index in [-0.39, 0.29) is 36.6 Å². The third kappa shape index (κ3) is 3.84. The van der Waals surface area contributed by atoms with Crippen molar-refractivity contribution < 1.29 is 18.3 Å².